The van der Waals surface area contributed by atoms with Crippen LogP contribution in [0.15, 0.2) is 0 Å². The summed E-state index contributed by atoms with van der Waals surface area (Å²) >= 11 is -1.33. The number of hydrogen-bond donors (Lipinski definition) is 0. The summed E-state index contributed by atoms with van der Waals surface area (Å²) in [5.74, 6) is 0. The molecule has 0 aliphatic rings. The molecule has 0 aromatic heterocycles. The molecule has 92 valence electrons. The fraction of sp³-hybridized carbons (Fsp3) is 1.00. The molecule has 15 heavy (non-hydrogen) atoms. The van der Waals surface area contributed by atoms with Crippen LogP contribution in [0.4, 0.5) is 0 Å². The maximum absolute atomic E-state index is 2.42. The second-order valence-electron chi connectivity index (χ2n) is 4.11. The van der Waals surface area contributed by atoms with Gasteiger partial charge in [0.2, 0.25) is 0 Å². The minimum absolute atomic E-state index is 0.666. The van der Waals surface area contributed by atoms with Crippen LogP contribution >= 0.6 is 0 Å². The molecule has 0 atom stereocenters. The predicted octanol–water partition coefficient (Wildman–Crippen LogP) is 5.23. The third-order valence-electron chi connectivity index (χ3n) is 3.24. The van der Waals surface area contributed by atoms with E-state index in [1.165, 1.54) is 0 Å². The van der Waals surface area contributed by atoms with Crippen molar-refractivity contribution >= 4 is 40.4 Å². The van der Waals surface area contributed by atoms with Crippen molar-refractivity contribution in [2.75, 3.05) is 0 Å². The van der Waals surface area contributed by atoms with E-state index in [1.807, 2.05) is 0 Å². The Morgan fingerprint density at radius 2 is 0.867 bits per heavy atom. The normalized spacial score (nSPS) is 11.6. The molecule has 0 heterocycles. The van der Waals surface area contributed by atoms with Crippen LogP contribution in [0.25, 0.3) is 0 Å². The first kappa shape index (κ1) is 16.6. The topological polar surface area (TPSA) is 0 Å². The Bertz CT molecular complexity index is 104. The van der Waals surface area contributed by atoms with Crippen LogP contribution < -0.4 is 0 Å². The molecule has 0 N–H and O–H groups in total. The van der Waals surface area contributed by atoms with Gasteiger partial charge in [0, 0.05) is 0 Å². The molecule has 2 heteroatoms. The van der Waals surface area contributed by atoms with Gasteiger partial charge >= 0.3 is 114 Å². The van der Waals surface area contributed by atoms with E-state index in [1.54, 1.807) is 45.5 Å². The van der Waals surface area contributed by atoms with Gasteiger partial charge < -0.3 is 0 Å². The minimum atomic E-state index is -0.666. The molecule has 0 fully saturated rings. The summed E-state index contributed by atoms with van der Waals surface area (Å²) in [5, 5.41) is 0. The molecule has 0 aromatic carbocycles. The average molecular weight is 430 g/mol. The Labute approximate surface area is 113 Å². The van der Waals surface area contributed by atoms with Gasteiger partial charge in [-0.1, -0.05) is 0 Å². The third-order valence-corrected chi connectivity index (χ3v) is 18.9. The molecule has 0 rings (SSSR count). The molecule has 0 aliphatic heterocycles. The van der Waals surface area contributed by atoms with Gasteiger partial charge in [-0.2, -0.15) is 0 Å². The predicted molar refractivity (Wildman–Crippen MR) is 76.9 cm³/mol. The second kappa shape index (κ2) is 12.1. The van der Waals surface area contributed by atoms with Crippen LogP contribution in [0.1, 0.15) is 47.0 Å². The van der Waals surface area contributed by atoms with Crippen molar-refractivity contribution in [3.05, 3.63) is 0 Å². The van der Waals surface area contributed by atoms with E-state index < -0.39 is 40.4 Å². The number of hydrogen-bond acceptors (Lipinski definition) is 0. The second-order valence-corrected chi connectivity index (χ2v) is 21.5. The zero-order valence-electron chi connectivity index (χ0n) is 11.3. The molecule has 0 bridgehead atoms. The van der Waals surface area contributed by atoms with E-state index in [0.29, 0.717) is 0 Å². The Morgan fingerprint density at radius 1 is 0.533 bits per heavy atom. The van der Waals surface area contributed by atoms with E-state index in [4.69, 9.17) is 0 Å². The monoisotopic (exact) mass is 428 g/mol. The van der Waals surface area contributed by atoms with E-state index in [2.05, 4.69) is 27.7 Å². The molecular weight excluding hydrogens is 400 g/mol. The van der Waals surface area contributed by atoms with Gasteiger partial charge in [0.25, 0.3) is 0 Å². The van der Waals surface area contributed by atoms with Gasteiger partial charge in [0.05, 0.1) is 0 Å². The summed E-state index contributed by atoms with van der Waals surface area (Å²) in [6.45, 7) is 9.69. The van der Waals surface area contributed by atoms with Gasteiger partial charge in [-0.25, -0.2) is 0 Å². The zero-order chi connectivity index (χ0) is 11.5. The first-order valence-electron chi connectivity index (χ1n) is 6.73. The zero-order valence-corrected chi connectivity index (χ0v) is 16.4. The van der Waals surface area contributed by atoms with E-state index in [9.17, 15) is 0 Å². The third kappa shape index (κ3) is 9.35. The molecule has 0 spiro atoms. The van der Waals surface area contributed by atoms with Crippen molar-refractivity contribution in [3.8, 4) is 0 Å². The molecule has 0 saturated carbocycles. The van der Waals surface area contributed by atoms with Gasteiger partial charge in [-0.3, -0.25) is 0 Å². The van der Waals surface area contributed by atoms with Crippen LogP contribution in [-0.4, -0.2) is 40.4 Å². The van der Waals surface area contributed by atoms with Gasteiger partial charge in [0.15, 0.2) is 0 Å². The number of rotatable bonds is 10. The van der Waals surface area contributed by atoms with Gasteiger partial charge in [0.1, 0.15) is 0 Å². The van der Waals surface area contributed by atoms with Crippen molar-refractivity contribution in [2.45, 2.75) is 73.2 Å². The SMILES string of the molecule is C[CH2][Sb]([CH2]C)[CH2]CCC[CH2][Sb]([CH2]C)[CH2]C. The Balaban J connectivity index is 3.30. The van der Waals surface area contributed by atoms with Crippen LogP contribution in [0.5, 0.6) is 0 Å². The van der Waals surface area contributed by atoms with Crippen LogP contribution in [0, 0.1) is 0 Å². The Hall–Kier alpha value is 1.64. The molecule has 0 unspecified atom stereocenters. The number of unbranched alkanes of at least 4 members (excludes halogenated alkanes) is 2. The first-order chi connectivity index (χ1) is 7.28. The van der Waals surface area contributed by atoms with Gasteiger partial charge in [-0.15, -0.1) is 0 Å². The molecule has 0 amide bonds. The molecule has 0 aliphatic carbocycles. The van der Waals surface area contributed by atoms with Crippen LogP contribution in [0.3, 0.4) is 0 Å². The summed E-state index contributed by atoms with van der Waals surface area (Å²) in [6, 6.07) is 0. The summed E-state index contributed by atoms with van der Waals surface area (Å²) in [5.41, 5.74) is 0. The van der Waals surface area contributed by atoms with Crippen molar-refractivity contribution < 1.29 is 0 Å². The van der Waals surface area contributed by atoms with Crippen molar-refractivity contribution in [1.82, 2.24) is 0 Å². The van der Waals surface area contributed by atoms with Crippen LogP contribution in [-0.2, 0) is 0 Å². The maximum atomic E-state index is 2.42. The molecule has 0 saturated heterocycles. The molecule has 0 radical (unpaired) electrons. The summed E-state index contributed by atoms with van der Waals surface area (Å²) < 4.78 is 9.64. The summed E-state index contributed by atoms with van der Waals surface area (Å²) in [6.07, 6.45) is 4.71. The molecule has 0 aromatic rings. The van der Waals surface area contributed by atoms with E-state index in [0.717, 1.165) is 0 Å². The standard InChI is InChI=1S/C5H10.4C2H5.2Sb/c1-3-5-4-2;4*1-2;;/h1-5H2;4*1H2,2H3;;. The fourth-order valence-electron chi connectivity index (χ4n) is 1.93. The van der Waals surface area contributed by atoms with E-state index in [-0.39, 0.29) is 0 Å². The Kier molecular flexibility index (Phi) is 13.4. The van der Waals surface area contributed by atoms with Crippen molar-refractivity contribution in [3.63, 3.8) is 0 Å². The molecular formula is C13H30Sb2. The molecule has 0 nitrogen and oxygen atoms in total. The summed E-state index contributed by atoms with van der Waals surface area (Å²) in [7, 11) is 0. The van der Waals surface area contributed by atoms with E-state index >= 15 is 0 Å². The van der Waals surface area contributed by atoms with Gasteiger partial charge in [-0.05, 0) is 0 Å². The first-order valence-corrected chi connectivity index (χ1v) is 17.6. The van der Waals surface area contributed by atoms with Crippen molar-refractivity contribution in [1.29, 1.82) is 0 Å². The Morgan fingerprint density at radius 3 is 1.13 bits per heavy atom. The quantitative estimate of drug-likeness (QED) is 0.329. The summed E-state index contributed by atoms with van der Waals surface area (Å²) in [4.78, 5) is 0. The van der Waals surface area contributed by atoms with Crippen LogP contribution in [0.2, 0.25) is 26.2 Å². The van der Waals surface area contributed by atoms with Crippen molar-refractivity contribution in [2.24, 2.45) is 0 Å². The fourth-order valence-corrected chi connectivity index (χ4v) is 11.9. The average Bonchev–Trinajstić information content (AvgIpc) is 2.29.